The van der Waals surface area contributed by atoms with E-state index < -0.39 is 11.6 Å². The Morgan fingerprint density at radius 3 is 2.41 bits per heavy atom. The largest absolute Gasteiger partial charge is 0.341 e. The van der Waals surface area contributed by atoms with Gasteiger partial charge in [-0.25, -0.2) is 8.78 Å². The zero-order valence-corrected chi connectivity index (χ0v) is 17.7. The summed E-state index contributed by atoms with van der Waals surface area (Å²) in [6.07, 6.45) is 13.1. The summed E-state index contributed by atoms with van der Waals surface area (Å²) in [5.74, 6) is -1.24. The molecule has 1 aromatic rings. The van der Waals surface area contributed by atoms with E-state index in [1.54, 1.807) is 18.2 Å². The first-order chi connectivity index (χ1) is 14.1. The highest BCUT2D eigenvalue weighted by atomic mass is 19.1. The van der Waals surface area contributed by atoms with Crippen LogP contribution in [0.5, 0.6) is 0 Å². The van der Waals surface area contributed by atoms with Crippen LogP contribution in [0.4, 0.5) is 8.78 Å². The van der Waals surface area contributed by atoms with Crippen LogP contribution in [0.2, 0.25) is 0 Å². The average molecular weight is 405 g/mol. The van der Waals surface area contributed by atoms with Crippen molar-refractivity contribution in [3.8, 4) is 0 Å². The number of allylic oxidation sites excluding steroid dienone is 2. The van der Waals surface area contributed by atoms with Crippen molar-refractivity contribution in [2.24, 2.45) is 11.8 Å². The van der Waals surface area contributed by atoms with Gasteiger partial charge in [-0.15, -0.1) is 0 Å². The van der Waals surface area contributed by atoms with Gasteiger partial charge >= 0.3 is 0 Å². The minimum Gasteiger partial charge on any atom is -0.341 e. The maximum atomic E-state index is 15.2. The molecular weight excluding hydrogens is 370 g/mol. The molecule has 0 aromatic heterocycles. The van der Waals surface area contributed by atoms with Crippen LogP contribution in [0.15, 0.2) is 48.3 Å². The minimum absolute atomic E-state index is 0.321. The van der Waals surface area contributed by atoms with Gasteiger partial charge in [0, 0.05) is 5.92 Å². The number of halogens is 2. The van der Waals surface area contributed by atoms with Crippen LogP contribution in [0.1, 0.15) is 70.3 Å². The quantitative estimate of drug-likeness (QED) is 0.323. The van der Waals surface area contributed by atoms with Crippen molar-refractivity contribution in [3.63, 3.8) is 0 Å². The maximum absolute atomic E-state index is 15.2. The highest BCUT2D eigenvalue weighted by Gasteiger charge is 2.39. The smallest absolute Gasteiger partial charge is 0.242 e. The summed E-state index contributed by atoms with van der Waals surface area (Å²) < 4.78 is 40.8. The van der Waals surface area contributed by atoms with Gasteiger partial charge in [0.15, 0.2) is 5.83 Å². The number of hydrogen-bond acceptors (Lipinski definition) is 2. The van der Waals surface area contributed by atoms with Gasteiger partial charge < -0.3 is 9.47 Å². The molecule has 0 spiro atoms. The molecule has 1 saturated carbocycles. The molecule has 0 amide bonds. The Kier molecular flexibility index (Phi) is 8.02. The SMILES string of the molecule is CCCOC1(OC[C@H]2CC[C@H](CCC)CC2)C=CC(c2cccc(F)c2)C=C1F. The Balaban J connectivity index is 1.66. The molecule has 4 heteroatoms. The zero-order valence-electron chi connectivity index (χ0n) is 17.7. The van der Waals surface area contributed by atoms with Crippen LogP contribution < -0.4 is 0 Å². The lowest BCUT2D eigenvalue weighted by Crippen LogP contribution is -2.39. The first-order valence-corrected chi connectivity index (χ1v) is 11.2. The highest BCUT2D eigenvalue weighted by Crippen LogP contribution is 2.38. The summed E-state index contributed by atoms with van der Waals surface area (Å²) in [5.41, 5.74) is 0.717. The van der Waals surface area contributed by atoms with E-state index in [9.17, 15) is 4.39 Å². The Morgan fingerprint density at radius 1 is 1.00 bits per heavy atom. The molecule has 0 radical (unpaired) electrons. The third-order valence-electron chi connectivity index (χ3n) is 6.13. The zero-order chi connectivity index (χ0) is 20.7. The second-order valence-electron chi connectivity index (χ2n) is 8.46. The highest BCUT2D eigenvalue weighted by molar-refractivity contribution is 5.36. The molecule has 29 heavy (non-hydrogen) atoms. The second kappa shape index (κ2) is 10.5. The first-order valence-electron chi connectivity index (χ1n) is 11.2. The van der Waals surface area contributed by atoms with E-state index in [1.807, 2.05) is 13.0 Å². The van der Waals surface area contributed by atoms with Crippen molar-refractivity contribution in [1.29, 1.82) is 0 Å². The molecule has 3 rings (SSSR count). The summed E-state index contributed by atoms with van der Waals surface area (Å²) in [7, 11) is 0. The second-order valence-corrected chi connectivity index (χ2v) is 8.46. The van der Waals surface area contributed by atoms with E-state index in [2.05, 4.69) is 6.92 Å². The van der Waals surface area contributed by atoms with Gasteiger partial charge in [0.25, 0.3) is 0 Å². The molecule has 160 valence electrons. The van der Waals surface area contributed by atoms with Crippen molar-refractivity contribution in [2.45, 2.75) is 70.5 Å². The molecular formula is C25H34F2O2. The molecule has 2 aliphatic rings. The summed E-state index contributed by atoms with van der Waals surface area (Å²) >= 11 is 0. The van der Waals surface area contributed by atoms with E-state index in [0.29, 0.717) is 19.1 Å². The van der Waals surface area contributed by atoms with E-state index in [4.69, 9.17) is 9.47 Å². The Bertz CT molecular complexity index is 707. The lowest BCUT2D eigenvalue weighted by Gasteiger charge is -2.35. The molecule has 2 atom stereocenters. The topological polar surface area (TPSA) is 18.5 Å². The first kappa shape index (κ1) is 22.2. The van der Waals surface area contributed by atoms with Gasteiger partial charge in [-0.3, -0.25) is 0 Å². The molecule has 2 unspecified atom stereocenters. The van der Waals surface area contributed by atoms with Crippen LogP contribution in [0.3, 0.4) is 0 Å². The molecule has 1 aromatic carbocycles. The maximum Gasteiger partial charge on any atom is 0.242 e. The molecule has 1 fully saturated rings. The third kappa shape index (κ3) is 5.76. The van der Waals surface area contributed by atoms with Gasteiger partial charge in [0.2, 0.25) is 5.79 Å². The van der Waals surface area contributed by atoms with Crippen molar-refractivity contribution >= 4 is 0 Å². The van der Waals surface area contributed by atoms with Crippen LogP contribution >= 0.6 is 0 Å². The molecule has 0 bridgehead atoms. The summed E-state index contributed by atoms with van der Waals surface area (Å²) in [6.45, 7) is 5.15. The van der Waals surface area contributed by atoms with E-state index in [-0.39, 0.29) is 11.7 Å². The fraction of sp³-hybridized carbons (Fsp3) is 0.600. The van der Waals surface area contributed by atoms with Crippen molar-refractivity contribution < 1.29 is 18.3 Å². The number of hydrogen-bond donors (Lipinski definition) is 0. The molecule has 0 aliphatic heterocycles. The Labute approximate surface area is 174 Å². The molecule has 0 N–H and O–H groups in total. The minimum atomic E-state index is -1.44. The number of ether oxygens (including phenoxy) is 2. The van der Waals surface area contributed by atoms with Gasteiger partial charge in [-0.1, -0.05) is 57.7 Å². The van der Waals surface area contributed by atoms with E-state index >= 15 is 4.39 Å². The fourth-order valence-corrected chi connectivity index (χ4v) is 4.43. The van der Waals surface area contributed by atoms with Crippen LogP contribution in [0.25, 0.3) is 0 Å². The number of benzene rings is 1. The molecule has 2 aliphatic carbocycles. The van der Waals surface area contributed by atoms with Crippen molar-refractivity contribution in [2.75, 3.05) is 13.2 Å². The summed E-state index contributed by atoms with van der Waals surface area (Å²) in [4.78, 5) is 0. The monoisotopic (exact) mass is 404 g/mol. The van der Waals surface area contributed by atoms with Gasteiger partial charge in [-0.05, 0) is 60.9 Å². The van der Waals surface area contributed by atoms with E-state index in [0.717, 1.165) is 30.7 Å². The molecule has 2 nitrogen and oxygen atoms in total. The average Bonchev–Trinajstić information content (AvgIpc) is 2.73. The van der Waals surface area contributed by atoms with Crippen molar-refractivity contribution in [1.82, 2.24) is 0 Å². The predicted octanol–water partition coefficient (Wildman–Crippen LogP) is 7.08. The van der Waals surface area contributed by atoms with Crippen LogP contribution in [-0.2, 0) is 9.47 Å². The summed E-state index contributed by atoms with van der Waals surface area (Å²) in [6, 6.07) is 6.28. The lowest BCUT2D eigenvalue weighted by atomic mass is 9.80. The van der Waals surface area contributed by atoms with Gasteiger partial charge in [0.05, 0.1) is 13.2 Å². The van der Waals surface area contributed by atoms with Gasteiger partial charge in [-0.2, -0.15) is 0 Å². The molecule has 0 heterocycles. The fourth-order valence-electron chi connectivity index (χ4n) is 4.43. The molecule has 0 saturated heterocycles. The Morgan fingerprint density at radius 2 is 1.76 bits per heavy atom. The van der Waals surface area contributed by atoms with Crippen molar-refractivity contribution in [3.05, 3.63) is 59.7 Å². The number of rotatable bonds is 9. The van der Waals surface area contributed by atoms with E-state index in [1.165, 1.54) is 43.9 Å². The lowest BCUT2D eigenvalue weighted by molar-refractivity contribution is -0.198. The van der Waals surface area contributed by atoms with Crippen LogP contribution in [-0.4, -0.2) is 19.0 Å². The predicted molar refractivity (Wildman–Crippen MR) is 113 cm³/mol. The third-order valence-corrected chi connectivity index (χ3v) is 6.13. The van der Waals surface area contributed by atoms with Crippen LogP contribution in [0, 0.1) is 17.7 Å². The Hall–Kier alpha value is -1.52. The standard InChI is InChI=1S/C25H34F2O2/c1-3-6-19-9-11-20(12-10-19)18-29-25(28-15-4-2)14-13-22(17-24(25)27)21-7-5-8-23(26)16-21/h5,7-8,13-14,16-17,19-20,22H,3-4,6,9-12,15,18H2,1-2H3/t19-,20-,22?,25?. The van der Waals surface area contributed by atoms with Gasteiger partial charge in [0.1, 0.15) is 5.82 Å². The normalized spacial score (nSPS) is 29.7. The summed E-state index contributed by atoms with van der Waals surface area (Å²) in [5, 5.41) is 0.